The maximum atomic E-state index is 6.24. The summed E-state index contributed by atoms with van der Waals surface area (Å²) < 4.78 is 2.00. The Kier molecular flexibility index (Phi) is 4.14. The van der Waals surface area contributed by atoms with Crippen LogP contribution in [0.15, 0.2) is 42.3 Å². The molecule has 112 valence electrons. The summed E-state index contributed by atoms with van der Waals surface area (Å²) in [7, 11) is 0. The molecular weight excluding hydrogens is 314 g/mol. The summed E-state index contributed by atoms with van der Waals surface area (Å²) in [5.74, 6) is 0. The van der Waals surface area contributed by atoms with E-state index in [1.54, 1.807) is 17.4 Å². The second-order valence-electron chi connectivity index (χ2n) is 4.92. The number of halogens is 1. The Hall–Kier alpha value is -1.91. The van der Waals surface area contributed by atoms with Crippen LogP contribution in [0.3, 0.4) is 0 Å². The molecule has 2 aromatic heterocycles. The molecule has 1 aromatic carbocycles. The molecule has 0 fully saturated rings. The fourth-order valence-electron chi connectivity index (χ4n) is 2.43. The molecule has 0 radical (unpaired) electrons. The number of allylic oxidation sites excluding steroid dienone is 3. The quantitative estimate of drug-likeness (QED) is 0.598. The number of rotatable bonds is 4. The summed E-state index contributed by atoms with van der Waals surface area (Å²) >= 11 is 7.85. The fourth-order valence-corrected chi connectivity index (χ4v) is 3.63. The topological polar surface area (TPSA) is 30.7 Å². The molecule has 0 N–H and O–H groups in total. The van der Waals surface area contributed by atoms with E-state index >= 15 is 0 Å². The van der Waals surface area contributed by atoms with E-state index in [0.717, 1.165) is 39.4 Å². The average Bonchev–Trinajstić information content (AvgIpc) is 3.10. The first kappa shape index (κ1) is 15.0. The van der Waals surface area contributed by atoms with Crippen molar-refractivity contribution in [3.8, 4) is 10.6 Å². The summed E-state index contributed by atoms with van der Waals surface area (Å²) in [6, 6.07) is 6.11. The van der Waals surface area contributed by atoms with Crippen LogP contribution >= 0.6 is 22.9 Å². The molecular formula is C17H16ClN3S. The Balaban J connectivity index is 2.15. The summed E-state index contributed by atoms with van der Waals surface area (Å²) in [4.78, 5) is 9.24. The Morgan fingerprint density at radius 3 is 2.95 bits per heavy atom. The van der Waals surface area contributed by atoms with Gasteiger partial charge in [0.05, 0.1) is 11.2 Å². The van der Waals surface area contributed by atoms with Crippen LogP contribution in [-0.4, -0.2) is 14.5 Å². The minimum Gasteiger partial charge on any atom is -0.315 e. The summed E-state index contributed by atoms with van der Waals surface area (Å²) in [5.41, 5.74) is 5.04. The number of thiazole rings is 1. The first-order valence-electron chi connectivity index (χ1n) is 7.06. The lowest BCUT2D eigenvalue weighted by molar-refractivity contribution is 0.788. The van der Waals surface area contributed by atoms with E-state index in [2.05, 4.69) is 23.9 Å². The fraction of sp³-hybridized carbons (Fsp3) is 0.176. The Morgan fingerprint density at radius 2 is 2.23 bits per heavy atom. The molecule has 0 bridgehead atoms. The maximum Gasteiger partial charge on any atom is 0.203 e. The van der Waals surface area contributed by atoms with Crippen molar-refractivity contribution >= 4 is 39.5 Å². The van der Waals surface area contributed by atoms with E-state index in [1.807, 2.05) is 35.8 Å². The molecule has 0 unspecified atom stereocenters. The van der Waals surface area contributed by atoms with Crippen molar-refractivity contribution < 1.29 is 0 Å². The van der Waals surface area contributed by atoms with Gasteiger partial charge in [-0.1, -0.05) is 24.8 Å². The van der Waals surface area contributed by atoms with Crippen LogP contribution in [0.25, 0.3) is 27.2 Å². The van der Waals surface area contributed by atoms with Gasteiger partial charge in [0, 0.05) is 17.5 Å². The largest absolute Gasteiger partial charge is 0.315 e. The monoisotopic (exact) mass is 329 g/mol. The van der Waals surface area contributed by atoms with Gasteiger partial charge in [0.1, 0.15) is 10.5 Å². The standard InChI is InChI=1S/C17H16ClN3S/c1-4-7-11(3)13-10-22-16(19-13)12-8-6-9-14-15(12)20-17(18)21(14)5-2/h4,6-10H,1,5H2,2-3H3. The smallest absolute Gasteiger partial charge is 0.203 e. The molecule has 0 aliphatic rings. The van der Waals surface area contributed by atoms with Gasteiger partial charge in [-0.25, -0.2) is 9.97 Å². The van der Waals surface area contributed by atoms with Crippen molar-refractivity contribution in [1.82, 2.24) is 14.5 Å². The second kappa shape index (κ2) is 6.07. The molecule has 3 nitrogen and oxygen atoms in total. The van der Waals surface area contributed by atoms with Gasteiger partial charge in [-0.05, 0) is 43.2 Å². The molecule has 0 spiro atoms. The van der Waals surface area contributed by atoms with Gasteiger partial charge in [-0.2, -0.15) is 0 Å². The summed E-state index contributed by atoms with van der Waals surface area (Å²) in [6.45, 7) is 8.61. The first-order chi connectivity index (χ1) is 10.7. The number of fused-ring (bicyclic) bond motifs is 1. The predicted octanol–water partition coefficient (Wildman–Crippen LogP) is 5.42. The third kappa shape index (κ3) is 2.49. The van der Waals surface area contributed by atoms with Gasteiger partial charge in [0.15, 0.2) is 0 Å². The van der Waals surface area contributed by atoms with Crippen LogP contribution in [0.4, 0.5) is 0 Å². The number of hydrogen-bond donors (Lipinski definition) is 0. The number of hydrogen-bond acceptors (Lipinski definition) is 3. The Labute approximate surface area is 138 Å². The molecule has 0 amide bonds. The normalized spacial score (nSPS) is 12.0. The summed E-state index contributed by atoms with van der Waals surface area (Å²) in [5, 5.41) is 3.53. The molecule has 22 heavy (non-hydrogen) atoms. The van der Waals surface area contributed by atoms with Gasteiger partial charge < -0.3 is 4.57 Å². The predicted molar refractivity (Wildman–Crippen MR) is 95.4 cm³/mol. The molecule has 3 aromatic rings. The van der Waals surface area contributed by atoms with Crippen LogP contribution in [0, 0.1) is 0 Å². The molecule has 3 rings (SSSR count). The second-order valence-corrected chi connectivity index (χ2v) is 6.12. The van der Waals surface area contributed by atoms with Crippen molar-refractivity contribution in [3.63, 3.8) is 0 Å². The zero-order valence-corrected chi connectivity index (χ0v) is 14.1. The number of nitrogens with zero attached hydrogens (tertiary/aromatic N) is 3. The minimum absolute atomic E-state index is 0.518. The van der Waals surface area contributed by atoms with Gasteiger partial charge >= 0.3 is 0 Å². The molecule has 0 atom stereocenters. The van der Waals surface area contributed by atoms with E-state index in [9.17, 15) is 0 Å². The molecule has 0 saturated heterocycles. The van der Waals surface area contributed by atoms with Crippen LogP contribution in [0.5, 0.6) is 0 Å². The number of imidazole rings is 1. The average molecular weight is 330 g/mol. The highest BCUT2D eigenvalue weighted by Crippen LogP contribution is 2.33. The van der Waals surface area contributed by atoms with E-state index in [4.69, 9.17) is 16.6 Å². The summed E-state index contributed by atoms with van der Waals surface area (Å²) in [6.07, 6.45) is 3.74. The van der Waals surface area contributed by atoms with Crippen LogP contribution in [0.2, 0.25) is 5.28 Å². The van der Waals surface area contributed by atoms with Crippen molar-refractivity contribution in [2.75, 3.05) is 0 Å². The lowest BCUT2D eigenvalue weighted by Crippen LogP contribution is -1.92. The SMILES string of the molecule is C=CC=C(C)c1csc(-c2cccc3c2nc(Cl)n3CC)n1. The number of benzene rings is 1. The van der Waals surface area contributed by atoms with Gasteiger partial charge in [-0.3, -0.25) is 0 Å². The maximum absolute atomic E-state index is 6.24. The Morgan fingerprint density at radius 1 is 1.41 bits per heavy atom. The first-order valence-corrected chi connectivity index (χ1v) is 8.31. The van der Waals surface area contributed by atoms with E-state index in [1.165, 1.54) is 0 Å². The zero-order chi connectivity index (χ0) is 15.7. The zero-order valence-electron chi connectivity index (χ0n) is 12.5. The van der Waals surface area contributed by atoms with Gasteiger partial charge in [0.2, 0.25) is 5.28 Å². The van der Waals surface area contributed by atoms with Crippen LogP contribution in [0.1, 0.15) is 19.5 Å². The van der Waals surface area contributed by atoms with E-state index in [0.29, 0.717) is 5.28 Å². The molecule has 5 heteroatoms. The van der Waals surface area contributed by atoms with Crippen molar-refractivity contribution in [3.05, 3.63) is 53.3 Å². The highest BCUT2D eigenvalue weighted by Gasteiger charge is 2.14. The van der Waals surface area contributed by atoms with Gasteiger partial charge in [0.25, 0.3) is 0 Å². The Bertz CT molecular complexity index is 873. The van der Waals surface area contributed by atoms with Crippen LogP contribution < -0.4 is 0 Å². The molecule has 0 saturated carbocycles. The molecule has 0 aliphatic heterocycles. The third-order valence-corrected chi connectivity index (χ3v) is 4.72. The van der Waals surface area contributed by atoms with E-state index < -0.39 is 0 Å². The minimum atomic E-state index is 0.518. The van der Waals surface area contributed by atoms with Crippen molar-refractivity contribution in [2.45, 2.75) is 20.4 Å². The number of aryl methyl sites for hydroxylation is 1. The van der Waals surface area contributed by atoms with Crippen LogP contribution in [-0.2, 0) is 6.54 Å². The lowest BCUT2D eigenvalue weighted by Gasteiger charge is -2.01. The third-order valence-electron chi connectivity index (χ3n) is 3.56. The highest BCUT2D eigenvalue weighted by atomic mass is 35.5. The number of para-hydroxylation sites is 1. The highest BCUT2D eigenvalue weighted by molar-refractivity contribution is 7.13. The van der Waals surface area contributed by atoms with E-state index in [-0.39, 0.29) is 0 Å². The van der Waals surface area contributed by atoms with Gasteiger partial charge in [-0.15, -0.1) is 11.3 Å². The lowest BCUT2D eigenvalue weighted by atomic mass is 10.2. The molecule has 0 aliphatic carbocycles. The van der Waals surface area contributed by atoms with Crippen molar-refractivity contribution in [1.29, 1.82) is 0 Å². The molecule has 2 heterocycles. The van der Waals surface area contributed by atoms with Crippen molar-refractivity contribution in [2.24, 2.45) is 0 Å². The number of aromatic nitrogens is 3.